The predicted octanol–water partition coefficient (Wildman–Crippen LogP) is 1.92. The van der Waals surface area contributed by atoms with E-state index in [1.54, 1.807) is 6.20 Å². The van der Waals surface area contributed by atoms with E-state index in [-0.39, 0.29) is 12.5 Å². The molecule has 0 fully saturated rings. The molecule has 1 heterocycles. The molecule has 0 radical (unpaired) electrons. The van der Waals surface area contributed by atoms with E-state index in [0.29, 0.717) is 0 Å². The van der Waals surface area contributed by atoms with Crippen LogP contribution < -0.4 is 0 Å². The zero-order valence-corrected chi connectivity index (χ0v) is 7.40. The van der Waals surface area contributed by atoms with Gasteiger partial charge in [0.05, 0.1) is 6.20 Å². The lowest BCUT2D eigenvalue weighted by Crippen LogP contribution is -1.97. The van der Waals surface area contributed by atoms with E-state index in [1.165, 1.54) is 0 Å². The Bertz CT molecular complexity index is 408. The molecule has 1 atom stereocenters. The maximum atomic E-state index is 8.96. The molecule has 1 unspecified atom stereocenters. The van der Waals surface area contributed by atoms with E-state index < -0.39 is 0 Å². The summed E-state index contributed by atoms with van der Waals surface area (Å²) in [5.41, 5.74) is 1.85. The Morgan fingerprint density at radius 2 is 2.38 bits per heavy atom. The minimum absolute atomic E-state index is 0.148. The molecule has 3 heteroatoms. The van der Waals surface area contributed by atoms with Crippen molar-refractivity contribution >= 4 is 11.0 Å². The fourth-order valence-electron chi connectivity index (χ4n) is 1.29. The van der Waals surface area contributed by atoms with Gasteiger partial charge in [0, 0.05) is 17.9 Å². The van der Waals surface area contributed by atoms with Crippen molar-refractivity contribution in [1.82, 2.24) is 5.16 Å². The van der Waals surface area contributed by atoms with Crippen molar-refractivity contribution in [3.8, 4) is 0 Å². The van der Waals surface area contributed by atoms with Gasteiger partial charge >= 0.3 is 0 Å². The van der Waals surface area contributed by atoms with Gasteiger partial charge in [-0.05, 0) is 17.7 Å². The fourth-order valence-corrected chi connectivity index (χ4v) is 1.29. The first-order valence-electron chi connectivity index (χ1n) is 4.26. The van der Waals surface area contributed by atoms with Gasteiger partial charge in [0.15, 0.2) is 5.58 Å². The van der Waals surface area contributed by atoms with Crippen molar-refractivity contribution in [3.05, 3.63) is 30.0 Å². The van der Waals surface area contributed by atoms with Crippen LogP contribution in [0.4, 0.5) is 0 Å². The Morgan fingerprint density at radius 1 is 1.54 bits per heavy atom. The van der Waals surface area contributed by atoms with Gasteiger partial charge in [0.2, 0.25) is 0 Å². The molecule has 2 aromatic rings. The molecule has 68 valence electrons. The summed E-state index contributed by atoms with van der Waals surface area (Å²) in [5, 5.41) is 13.6. The smallest absolute Gasteiger partial charge is 0.167 e. The summed E-state index contributed by atoms with van der Waals surface area (Å²) in [4.78, 5) is 0. The molecular weight excluding hydrogens is 166 g/mol. The first-order valence-corrected chi connectivity index (χ1v) is 4.26. The van der Waals surface area contributed by atoms with Crippen molar-refractivity contribution in [1.29, 1.82) is 0 Å². The Kier molecular flexibility index (Phi) is 2.02. The van der Waals surface area contributed by atoms with E-state index in [9.17, 15) is 0 Å². The molecule has 0 aliphatic heterocycles. The fraction of sp³-hybridized carbons (Fsp3) is 0.300. The van der Waals surface area contributed by atoms with E-state index >= 15 is 0 Å². The van der Waals surface area contributed by atoms with Crippen LogP contribution in [0.2, 0.25) is 0 Å². The van der Waals surface area contributed by atoms with Gasteiger partial charge in [0.1, 0.15) is 0 Å². The van der Waals surface area contributed by atoms with E-state index in [2.05, 4.69) is 5.16 Å². The van der Waals surface area contributed by atoms with Gasteiger partial charge in [-0.25, -0.2) is 0 Å². The molecular formula is C10H11NO2. The summed E-state index contributed by atoms with van der Waals surface area (Å²) in [6.45, 7) is 2.12. The summed E-state index contributed by atoms with van der Waals surface area (Å²) in [6.07, 6.45) is 1.68. The molecule has 0 saturated heterocycles. The molecule has 0 bridgehead atoms. The van der Waals surface area contributed by atoms with Crippen molar-refractivity contribution in [2.45, 2.75) is 12.8 Å². The van der Waals surface area contributed by atoms with E-state index in [0.717, 1.165) is 16.5 Å². The molecule has 13 heavy (non-hydrogen) atoms. The Morgan fingerprint density at radius 3 is 3.15 bits per heavy atom. The molecule has 0 spiro atoms. The third-order valence-electron chi connectivity index (χ3n) is 2.22. The second-order valence-electron chi connectivity index (χ2n) is 3.21. The number of rotatable bonds is 2. The van der Waals surface area contributed by atoms with Crippen molar-refractivity contribution < 1.29 is 9.63 Å². The molecule has 1 N–H and O–H groups in total. The summed E-state index contributed by atoms with van der Waals surface area (Å²) in [5.74, 6) is 0.148. The molecule has 0 aliphatic rings. The topological polar surface area (TPSA) is 46.3 Å². The Balaban J connectivity index is 2.48. The minimum Gasteiger partial charge on any atom is -0.396 e. The second-order valence-corrected chi connectivity index (χ2v) is 3.21. The van der Waals surface area contributed by atoms with Crippen molar-refractivity contribution in [3.63, 3.8) is 0 Å². The minimum atomic E-state index is 0.148. The monoisotopic (exact) mass is 177 g/mol. The second kappa shape index (κ2) is 3.18. The number of hydrogen-bond donors (Lipinski definition) is 1. The normalized spacial score (nSPS) is 13.4. The Hall–Kier alpha value is -1.35. The van der Waals surface area contributed by atoms with E-state index in [4.69, 9.17) is 9.63 Å². The standard InChI is InChI=1S/C10H11NO2/c1-7(6-12)8-2-3-9-5-11-13-10(9)4-8/h2-5,7,12H,6H2,1H3. The van der Waals surface area contributed by atoms with Gasteiger partial charge in [-0.3, -0.25) is 0 Å². The molecule has 1 aromatic heterocycles. The number of aliphatic hydroxyl groups excluding tert-OH is 1. The van der Waals surface area contributed by atoms with Crippen LogP contribution in [-0.4, -0.2) is 16.9 Å². The number of fused-ring (bicyclic) bond motifs is 1. The van der Waals surface area contributed by atoms with Crippen LogP contribution >= 0.6 is 0 Å². The van der Waals surface area contributed by atoms with Crippen LogP contribution in [0.25, 0.3) is 11.0 Å². The SMILES string of the molecule is CC(CO)c1ccc2cnoc2c1. The number of benzene rings is 1. The lowest BCUT2D eigenvalue weighted by atomic mass is 10.0. The van der Waals surface area contributed by atoms with Crippen molar-refractivity contribution in [2.24, 2.45) is 0 Å². The maximum absolute atomic E-state index is 8.96. The number of nitrogens with zero attached hydrogens (tertiary/aromatic N) is 1. The largest absolute Gasteiger partial charge is 0.396 e. The van der Waals surface area contributed by atoms with Crippen LogP contribution in [0.5, 0.6) is 0 Å². The molecule has 3 nitrogen and oxygen atoms in total. The molecule has 0 saturated carbocycles. The van der Waals surface area contributed by atoms with Crippen LogP contribution in [0.15, 0.2) is 28.9 Å². The zero-order valence-electron chi connectivity index (χ0n) is 7.40. The third-order valence-corrected chi connectivity index (χ3v) is 2.22. The van der Waals surface area contributed by atoms with Crippen LogP contribution in [0.1, 0.15) is 18.4 Å². The average molecular weight is 177 g/mol. The third kappa shape index (κ3) is 1.42. The summed E-state index contributed by atoms with van der Waals surface area (Å²) in [6, 6.07) is 5.86. The van der Waals surface area contributed by atoms with Crippen LogP contribution in [0.3, 0.4) is 0 Å². The molecule has 2 rings (SSSR count). The maximum Gasteiger partial charge on any atom is 0.167 e. The highest BCUT2D eigenvalue weighted by molar-refractivity contribution is 5.76. The van der Waals surface area contributed by atoms with Gasteiger partial charge in [-0.1, -0.05) is 18.1 Å². The number of hydrogen-bond acceptors (Lipinski definition) is 3. The van der Waals surface area contributed by atoms with Gasteiger partial charge in [-0.15, -0.1) is 0 Å². The van der Waals surface area contributed by atoms with E-state index in [1.807, 2.05) is 25.1 Å². The highest BCUT2D eigenvalue weighted by Crippen LogP contribution is 2.20. The number of aromatic nitrogens is 1. The van der Waals surface area contributed by atoms with Gasteiger partial charge in [-0.2, -0.15) is 0 Å². The summed E-state index contributed by atoms with van der Waals surface area (Å²) >= 11 is 0. The van der Waals surface area contributed by atoms with Gasteiger partial charge in [0.25, 0.3) is 0 Å². The summed E-state index contributed by atoms with van der Waals surface area (Å²) < 4.78 is 5.02. The highest BCUT2D eigenvalue weighted by atomic mass is 16.5. The highest BCUT2D eigenvalue weighted by Gasteiger charge is 2.06. The first kappa shape index (κ1) is 8.26. The summed E-state index contributed by atoms with van der Waals surface area (Å²) in [7, 11) is 0. The Labute approximate surface area is 76.0 Å². The lowest BCUT2D eigenvalue weighted by Gasteiger charge is -2.06. The van der Waals surface area contributed by atoms with Crippen molar-refractivity contribution in [2.75, 3.05) is 6.61 Å². The lowest BCUT2D eigenvalue weighted by molar-refractivity contribution is 0.273. The van der Waals surface area contributed by atoms with Crippen LogP contribution in [0, 0.1) is 0 Å². The number of aliphatic hydroxyl groups is 1. The van der Waals surface area contributed by atoms with Gasteiger partial charge < -0.3 is 9.63 Å². The first-order chi connectivity index (χ1) is 6.31. The molecule has 0 aliphatic carbocycles. The quantitative estimate of drug-likeness (QED) is 0.762. The predicted molar refractivity (Wildman–Crippen MR) is 49.5 cm³/mol. The van der Waals surface area contributed by atoms with Crippen LogP contribution in [-0.2, 0) is 0 Å². The zero-order chi connectivity index (χ0) is 9.26. The molecule has 1 aromatic carbocycles. The molecule has 0 amide bonds. The average Bonchev–Trinajstić information content (AvgIpc) is 2.63.